The van der Waals surface area contributed by atoms with Crippen LogP contribution in [-0.4, -0.2) is 28.1 Å². The van der Waals surface area contributed by atoms with E-state index in [-0.39, 0.29) is 34.0 Å². The van der Waals surface area contributed by atoms with E-state index in [0.717, 1.165) is 12.8 Å². The normalized spacial score (nSPS) is 20.7. The van der Waals surface area contributed by atoms with Crippen molar-refractivity contribution in [2.75, 3.05) is 5.32 Å². The molecule has 1 aromatic heterocycles. The first-order valence-corrected chi connectivity index (χ1v) is 10.5. The standard InChI is InChI=1S/C22H18ClF3N2O5/c23-15-9-11(22(24,25)26)10-27-20(15)32-13-7-5-12(6-8-13)28-19(30)17-18(29)14-3-1-2-4-16(14)33-21(17)31/h5-10,14,16,29H,1-4H2,(H,28,30). The van der Waals surface area contributed by atoms with E-state index in [0.29, 0.717) is 25.1 Å². The molecule has 0 spiro atoms. The number of aliphatic hydroxyl groups is 1. The molecule has 1 fully saturated rings. The molecule has 11 heteroatoms. The summed E-state index contributed by atoms with van der Waals surface area (Å²) in [6, 6.07) is 6.45. The number of carbonyl (C=O) groups excluding carboxylic acids is 2. The third-order valence-corrected chi connectivity index (χ3v) is 5.73. The number of hydrogen-bond donors (Lipinski definition) is 2. The maximum absolute atomic E-state index is 12.7. The van der Waals surface area contributed by atoms with E-state index in [1.54, 1.807) is 0 Å². The van der Waals surface area contributed by atoms with E-state index in [9.17, 15) is 27.9 Å². The van der Waals surface area contributed by atoms with Crippen LogP contribution in [0.4, 0.5) is 18.9 Å². The van der Waals surface area contributed by atoms with E-state index in [4.69, 9.17) is 21.1 Å². The third-order valence-electron chi connectivity index (χ3n) is 5.46. The molecular weight excluding hydrogens is 465 g/mol. The zero-order chi connectivity index (χ0) is 23.8. The van der Waals surface area contributed by atoms with E-state index in [2.05, 4.69) is 10.3 Å². The molecule has 7 nitrogen and oxygen atoms in total. The molecule has 0 radical (unpaired) electrons. The van der Waals surface area contributed by atoms with Crippen molar-refractivity contribution in [3.8, 4) is 11.6 Å². The van der Waals surface area contributed by atoms with Gasteiger partial charge >= 0.3 is 12.1 Å². The van der Waals surface area contributed by atoms with Crippen LogP contribution >= 0.6 is 11.6 Å². The average Bonchev–Trinajstić information content (AvgIpc) is 2.76. The summed E-state index contributed by atoms with van der Waals surface area (Å²) in [6.45, 7) is 0. The Morgan fingerprint density at radius 3 is 2.58 bits per heavy atom. The predicted octanol–water partition coefficient (Wildman–Crippen LogP) is 5.41. The fourth-order valence-corrected chi connectivity index (χ4v) is 4.02. The molecule has 2 unspecified atom stereocenters. The van der Waals surface area contributed by atoms with Gasteiger partial charge in [0.2, 0.25) is 5.88 Å². The lowest BCUT2D eigenvalue weighted by Gasteiger charge is -2.34. The number of anilines is 1. The van der Waals surface area contributed by atoms with Crippen molar-refractivity contribution in [3.05, 3.63) is 58.4 Å². The zero-order valence-corrected chi connectivity index (χ0v) is 17.7. The summed E-state index contributed by atoms with van der Waals surface area (Å²) in [5, 5.41) is 12.7. The molecule has 2 aliphatic rings. The summed E-state index contributed by atoms with van der Waals surface area (Å²) in [7, 11) is 0. The van der Waals surface area contributed by atoms with E-state index >= 15 is 0 Å². The Bertz CT molecular complexity index is 1120. The van der Waals surface area contributed by atoms with Crippen LogP contribution < -0.4 is 10.1 Å². The third kappa shape index (κ3) is 4.90. The lowest BCUT2D eigenvalue weighted by Crippen LogP contribution is -2.40. The smallest absolute Gasteiger partial charge is 0.417 e. The largest absolute Gasteiger partial charge is 0.511 e. The number of rotatable bonds is 4. The zero-order valence-electron chi connectivity index (χ0n) is 17.0. The predicted molar refractivity (Wildman–Crippen MR) is 111 cm³/mol. The minimum Gasteiger partial charge on any atom is -0.511 e. The second kappa shape index (κ2) is 8.93. The van der Waals surface area contributed by atoms with Crippen LogP contribution in [0.5, 0.6) is 11.6 Å². The number of ether oxygens (including phenoxy) is 2. The lowest BCUT2D eigenvalue weighted by molar-refractivity contribution is -0.153. The highest BCUT2D eigenvalue weighted by atomic mass is 35.5. The summed E-state index contributed by atoms with van der Waals surface area (Å²) in [6.07, 6.45) is -1.34. The van der Waals surface area contributed by atoms with Crippen molar-refractivity contribution in [2.24, 2.45) is 5.92 Å². The lowest BCUT2D eigenvalue weighted by atomic mass is 9.82. The Hall–Kier alpha value is -3.27. The Balaban J connectivity index is 1.45. The molecule has 0 bridgehead atoms. The van der Waals surface area contributed by atoms with Gasteiger partial charge in [0.05, 0.1) is 11.5 Å². The van der Waals surface area contributed by atoms with Crippen LogP contribution in [0.15, 0.2) is 47.9 Å². The molecule has 0 saturated heterocycles. The summed E-state index contributed by atoms with van der Waals surface area (Å²) < 4.78 is 48.9. The van der Waals surface area contributed by atoms with Crippen molar-refractivity contribution < 1.29 is 37.3 Å². The van der Waals surface area contributed by atoms with Gasteiger partial charge in [0.25, 0.3) is 5.91 Å². The van der Waals surface area contributed by atoms with E-state index in [1.807, 2.05) is 0 Å². The second-order valence-corrected chi connectivity index (χ2v) is 8.09. The molecule has 4 rings (SSSR count). The summed E-state index contributed by atoms with van der Waals surface area (Å²) in [4.78, 5) is 28.5. The van der Waals surface area contributed by atoms with Crippen LogP contribution in [0.2, 0.25) is 5.02 Å². The van der Waals surface area contributed by atoms with Gasteiger partial charge in [-0.3, -0.25) is 4.79 Å². The number of benzene rings is 1. The maximum atomic E-state index is 12.7. The fourth-order valence-electron chi connectivity index (χ4n) is 3.81. The number of hydrogen-bond acceptors (Lipinski definition) is 6. The van der Waals surface area contributed by atoms with E-state index < -0.39 is 35.3 Å². The highest BCUT2D eigenvalue weighted by molar-refractivity contribution is 6.31. The van der Waals surface area contributed by atoms with Crippen molar-refractivity contribution in [1.29, 1.82) is 0 Å². The Morgan fingerprint density at radius 2 is 1.91 bits per heavy atom. The average molecular weight is 483 g/mol. The molecule has 1 aliphatic carbocycles. The molecule has 1 amide bonds. The molecule has 2 atom stereocenters. The molecule has 1 saturated carbocycles. The van der Waals surface area contributed by atoms with Gasteiger partial charge in [-0.05, 0) is 49.6 Å². The van der Waals surface area contributed by atoms with Gasteiger partial charge in [0.1, 0.15) is 22.6 Å². The SMILES string of the molecule is O=C(Nc1ccc(Oc2ncc(C(F)(F)F)cc2Cl)cc1)C1=C(O)C2CCCCC2OC1=O. The maximum Gasteiger partial charge on any atom is 0.417 e. The molecule has 2 heterocycles. The van der Waals surface area contributed by atoms with Crippen molar-refractivity contribution in [1.82, 2.24) is 4.98 Å². The summed E-state index contributed by atoms with van der Waals surface area (Å²) >= 11 is 5.83. The van der Waals surface area contributed by atoms with Crippen LogP contribution in [0.25, 0.3) is 0 Å². The van der Waals surface area contributed by atoms with Crippen LogP contribution in [0, 0.1) is 5.92 Å². The number of aliphatic hydroxyl groups excluding tert-OH is 1. The number of aromatic nitrogens is 1. The number of fused-ring (bicyclic) bond motifs is 1. The Labute approximate surface area is 191 Å². The van der Waals surface area contributed by atoms with Crippen LogP contribution in [0.3, 0.4) is 0 Å². The number of halogens is 4. The van der Waals surface area contributed by atoms with Gasteiger partial charge in [0, 0.05) is 11.9 Å². The van der Waals surface area contributed by atoms with Gasteiger partial charge in [0.15, 0.2) is 5.57 Å². The number of amides is 1. The van der Waals surface area contributed by atoms with Gasteiger partial charge in [-0.15, -0.1) is 0 Å². The first kappa shape index (κ1) is 22.9. The van der Waals surface area contributed by atoms with Crippen LogP contribution in [0.1, 0.15) is 31.2 Å². The highest BCUT2D eigenvalue weighted by Gasteiger charge is 2.41. The second-order valence-electron chi connectivity index (χ2n) is 7.68. The molecular formula is C22H18ClF3N2O5. The molecule has 33 heavy (non-hydrogen) atoms. The van der Waals surface area contributed by atoms with Crippen molar-refractivity contribution in [3.63, 3.8) is 0 Å². The first-order chi connectivity index (χ1) is 15.6. The topological polar surface area (TPSA) is 97.8 Å². The number of esters is 1. The molecule has 2 N–H and O–H groups in total. The molecule has 174 valence electrons. The Kier molecular flexibility index (Phi) is 6.20. The highest BCUT2D eigenvalue weighted by Crippen LogP contribution is 2.37. The van der Waals surface area contributed by atoms with Gasteiger partial charge in [-0.1, -0.05) is 18.0 Å². The minimum absolute atomic E-state index is 0.200. The molecule has 1 aromatic carbocycles. The fraction of sp³-hybridized carbons (Fsp3) is 0.318. The van der Waals surface area contributed by atoms with Crippen LogP contribution in [-0.2, 0) is 20.5 Å². The molecule has 2 aromatic rings. The minimum atomic E-state index is -4.58. The number of alkyl halides is 3. The number of carbonyl (C=O) groups is 2. The van der Waals surface area contributed by atoms with Gasteiger partial charge in [-0.2, -0.15) is 13.2 Å². The van der Waals surface area contributed by atoms with Crippen molar-refractivity contribution >= 4 is 29.2 Å². The number of nitrogens with zero attached hydrogens (tertiary/aromatic N) is 1. The number of pyridine rings is 1. The van der Waals surface area contributed by atoms with Gasteiger partial charge in [-0.25, -0.2) is 9.78 Å². The monoisotopic (exact) mass is 482 g/mol. The summed E-state index contributed by atoms with van der Waals surface area (Å²) in [5.74, 6) is -2.32. The van der Waals surface area contributed by atoms with E-state index in [1.165, 1.54) is 24.3 Å². The Morgan fingerprint density at radius 1 is 1.21 bits per heavy atom. The first-order valence-electron chi connectivity index (χ1n) is 10.1. The van der Waals surface area contributed by atoms with Gasteiger partial charge < -0.3 is 19.9 Å². The van der Waals surface area contributed by atoms with Crippen molar-refractivity contribution in [2.45, 2.75) is 38.0 Å². The number of nitrogens with one attached hydrogen (secondary N) is 1. The molecule has 1 aliphatic heterocycles. The quantitative estimate of drug-likeness (QED) is 0.446. The summed E-state index contributed by atoms with van der Waals surface area (Å²) in [5.41, 5.74) is -1.13.